The number of benzene rings is 1. The van der Waals surface area contributed by atoms with E-state index in [1.807, 2.05) is 6.92 Å². The van der Waals surface area contributed by atoms with Gasteiger partial charge in [-0.05, 0) is 32.0 Å². The number of hydrogen-bond acceptors (Lipinski definition) is 2. The highest BCUT2D eigenvalue weighted by Crippen LogP contribution is 2.28. The van der Waals surface area contributed by atoms with E-state index in [2.05, 4.69) is 0 Å². The van der Waals surface area contributed by atoms with E-state index < -0.39 is 6.10 Å². The molecule has 0 N–H and O–H groups in total. The maximum atomic E-state index is 11.8. The average molecular weight is 276 g/mol. The minimum Gasteiger partial charge on any atom is -0.479 e. The van der Waals surface area contributed by atoms with Crippen molar-refractivity contribution in [2.75, 3.05) is 13.6 Å². The van der Waals surface area contributed by atoms with E-state index in [4.69, 9.17) is 27.9 Å². The zero-order valence-corrected chi connectivity index (χ0v) is 11.5. The Hall–Kier alpha value is -0.930. The first-order chi connectivity index (χ1) is 7.95. The monoisotopic (exact) mass is 275 g/mol. The van der Waals surface area contributed by atoms with Crippen LogP contribution in [0.3, 0.4) is 0 Å². The Balaban J connectivity index is 2.74. The second-order valence-electron chi connectivity index (χ2n) is 3.69. The molecule has 0 spiro atoms. The van der Waals surface area contributed by atoms with Gasteiger partial charge in [-0.1, -0.05) is 23.2 Å². The fraction of sp³-hybridized carbons (Fsp3) is 0.417. The van der Waals surface area contributed by atoms with Gasteiger partial charge in [0.25, 0.3) is 5.91 Å². The largest absolute Gasteiger partial charge is 0.479 e. The fourth-order valence-electron chi connectivity index (χ4n) is 1.28. The Morgan fingerprint density at radius 3 is 2.65 bits per heavy atom. The van der Waals surface area contributed by atoms with Gasteiger partial charge in [0.15, 0.2) is 6.10 Å². The van der Waals surface area contributed by atoms with Crippen molar-refractivity contribution in [1.29, 1.82) is 0 Å². The molecule has 5 heteroatoms. The minimum atomic E-state index is -0.571. The highest BCUT2D eigenvalue weighted by Gasteiger charge is 2.18. The summed E-state index contributed by atoms with van der Waals surface area (Å²) in [6, 6.07) is 4.91. The van der Waals surface area contributed by atoms with Crippen molar-refractivity contribution in [3.05, 3.63) is 28.2 Å². The number of carbonyl (C=O) groups is 1. The Morgan fingerprint density at radius 2 is 2.12 bits per heavy atom. The molecule has 0 aromatic heterocycles. The average Bonchev–Trinajstić information content (AvgIpc) is 2.30. The van der Waals surface area contributed by atoms with Crippen molar-refractivity contribution in [2.24, 2.45) is 0 Å². The van der Waals surface area contributed by atoms with Gasteiger partial charge in [-0.2, -0.15) is 0 Å². The molecule has 1 atom stereocenters. The van der Waals surface area contributed by atoms with Crippen LogP contribution in [0.25, 0.3) is 0 Å². The van der Waals surface area contributed by atoms with E-state index in [-0.39, 0.29) is 5.91 Å². The standard InChI is InChI=1S/C12H15Cl2NO2/c1-4-15(3)12(16)8(2)17-11-6-5-9(13)7-10(11)14/h5-8H,4H2,1-3H3. The number of nitrogens with zero attached hydrogens (tertiary/aromatic N) is 1. The molecule has 3 nitrogen and oxygen atoms in total. The number of carbonyl (C=O) groups excluding carboxylic acids is 1. The van der Waals surface area contributed by atoms with E-state index in [0.29, 0.717) is 22.3 Å². The quantitative estimate of drug-likeness (QED) is 0.844. The molecule has 1 unspecified atom stereocenters. The van der Waals surface area contributed by atoms with E-state index in [1.165, 1.54) is 0 Å². The topological polar surface area (TPSA) is 29.5 Å². The second kappa shape index (κ2) is 6.12. The number of rotatable bonds is 4. The maximum Gasteiger partial charge on any atom is 0.263 e. The number of amides is 1. The number of halogens is 2. The van der Waals surface area contributed by atoms with E-state index >= 15 is 0 Å². The number of hydrogen-bond donors (Lipinski definition) is 0. The lowest BCUT2D eigenvalue weighted by Crippen LogP contribution is -2.37. The molecule has 0 aliphatic carbocycles. The predicted molar refractivity (Wildman–Crippen MR) is 69.9 cm³/mol. The molecule has 0 saturated heterocycles. The molecular formula is C12H15Cl2NO2. The summed E-state index contributed by atoms with van der Waals surface area (Å²) in [6.07, 6.45) is -0.571. The predicted octanol–water partition coefficient (Wildman–Crippen LogP) is 3.24. The highest BCUT2D eigenvalue weighted by molar-refractivity contribution is 6.35. The van der Waals surface area contributed by atoms with Gasteiger partial charge in [0, 0.05) is 18.6 Å². The third kappa shape index (κ3) is 3.79. The zero-order valence-electron chi connectivity index (χ0n) is 10.0. The van der Waals surface area contributed by atoms with Gasteiger partial charge < -0.3 is 9.64 Å². The molecule has 1 rings (SSSR count). The van der Waals surface area contributed by atoms with Gasteiger partial charge in [-0.25, -0.2) is 0 Å². The lowest BCUT2D eigenvalue weighted by atomic mass is 10.3. The third-order valence-corrected chi connectivity index (χ3v) is 2.93. The Kier molecular flexibility index (Phi) is 5.09. The summed E-state index contributed by atoms with van der Waals surface area (Å²) >= 11 is 11.7. The summed E-state index contributed by atoms with van der Waals surface area (Å²) in [5.74, 6) is 0.375. The van der Waals surface area contributed by atoms with Crippen molar-refractivity contribution in [3.63, 3.8) is 0 Å². The molecule has 0 heterocycles. The molecule has 0 radical (unpaired) electrons. The van der Waals surface area contributed by atoms with Crippen LogP contribution in [-0.4, -0.2) is 30.5 Å². The summed E-state index contributed by atoms with van der Waals surface area (Å²) in [5.41, 5.74) is 0. The molecule has 1 amide bonds. The van der Waals surface area contributed by atoms with E-state index in [1.54, 1.807) is 37.1 Å². The van der Waals surface area contributed by atoms with E-state index in [0.717, 1.165) is 0 Å². The summed E-state index contributed by atoms with van der Waals surface area (Å²) in [5, 5.41) is 0.934. The second-order valence-corrected chi connectivity index (χ2v) is 4.53. The fourth-order valence-corrected chi connectivity index (χ4v) is 1.73. The molecule has 0 aliphatic heterocycles. The smallest absolute Gasteiger partial charge is 0.263 e. The van der Waals surface area contributed by atoms with Crippen molar-refractivity contribution in [2.45, 2.75) is 20.0 Å². The minimum absolute atomic E-state index is 0.0847. The van der Waals surface area contributed by atoms with Crippen LogP contribution in [0.15, 0.2) is 18.2 Å². The first-order valence-corrected chi connectivity index (χ1v) is 6.08. The first-order valence-electron chi connectivity index (χ1n) is 5.32. The molecule has 94 valence electrons. The van der Waals surface area contributed by atoms with Crippen LogP contribution in [0.4, 0.5) is 0 Å². The SMILES string of the molecule is CCN(C)C(=O)C(C)Oc1ccc(Cl)cc1Cl. The molecular weight excluding hydrogens is 261 g/mol. The van der Waals surface area contributed by atoms with Crippen molar-refractivity contribution >= 4 is 29.1 Å². The summed E-state index contributed by atoms with van der Waals surface area (Å²) in [4.78, 5) is 13.4. The summed E-state index contributed by atoms with van der Waals surface area (Å²) in [7, 11) is 1.73. The molecule has 1 aromatic rings. The maximum absolute atomic E-state index is 11.8. The van der Waals surface area contributed by atoms with Crippen LogP contribution in [0, 0.1) is 0 Å². The Bertz CT molecular complexity index is 409. The van der Waals surface area contributed by atoms with Gasteiger partial charge in [-0.15, -0.1) is 0 Å². The number of likely N-dealkylation sites (N-methyl/N-ethyl adjacent to an activating group) is 1. The van der Waals surface area contributed by atoms with Crippen LogP contribution in [0.1, 0.15) is 13.8 Å². The lowest BCUT2D eigenvalue weighted by molar-refractivity contribution is -0.136. The van der Waals surface area contributed by atoms with Crippen LogP contribution < -0.4 is 4.74 Å². The molecule has 0 bridgehead atoms. The number of ether oxygens (including phenoxy) is 1. The zero-order chi connectivity index (χ0) is 13.0. The molecule has 0 saturated carbocycles. The van der Waals surface area contributed by atoms with Gasteiger partial charge in [0.2, 0.25) is 0 Å². The highest BCUT2D eigenvalue weighted by atomic mass is 35.5. The Morgan fingerprint density at radius 1 is 1.47 bits per heavy atom. The van der Waals surface area contributed by atoms with Gasteiger partial charge in [0.1, 0.15) is 5.75 Å². The normalized spacial score (nSPS) is 12.1. The van der Waals surface area contributed by atoms with Crippen molar-refractivity contribution in [3.8, 4) is 5.75 Å². The van der Waals surface area contributed by atoms with Crippen molar-refractivity contribution < 1.29 is 9.53 Å². The van der Waals surface area contributed by atoms with Crippen LogP contribution in [-0.2, 0) is 4.79 Å². The summed E-state index contributed by atoms with van der Waals surface area (Å²) in [6.45, 7) is 4.24. The van der Waals surface area contributed by atoms with Gasteiger partial charge >= 0.3 is 0 Å². The Labute approximate surface area is 111 Å². The first kappa shape index (κ1) is 14.1. The molecule has 17 heavy (non-hydrogen) atoms. The molecule has 0 aliphatic rings. The third-order valence-electron chi connectivity index (χ3n) is 2.40. The van der Waals surface area contributed by atoms with Crippen LogP contribution in [0.2, 0.25) is 10.0 Å². The molecule has 0 fully saturated rings. The van der Waals surface area contributed by atoms with Crippen molar-refractivity contribution in [1.82, 2.24) is 4.90 Å². The van der Waals surface area contributed by atoms with Gasteiger partial charge in [-0.3, -0.25) is 4.79 Å². The van der Waals surface area contributed by atoms with Crippen LogP contribution >= 0.6 is 23.2 Å². The van der Waals surface area contributed by atoms with Gasteiger partial charge in [0.05, 0.1) is 5.02 Å². The van der Waals surface area contributed by atoms with Crippen LogP contribution in [0.5, 0.6) is 5.75 Å². The lowest BCUT2D eigenvalue weighted by Gasteiger charge is -2.21. The summed E-state index contributed by atoms with van der Waals surface area (Å²) < 4.78 is 5.50. The van der Waals surface area contributed by atoms with E-state index in [9.17, 15) is 4.79 Å². The molecule has 1 aromatic carbocycles.